The predicted octanol–water partition coefficient (Wildman–Crippen LogP) is 4.25. The molecule has 0 radical (unpaired) electrons. The number of rotatable bonds is 4. The van der Waals surface area contributed by atoms with E-state index in [9.17, 15) is 0 Å². The van der Waals surface area contributed by atoms with Crippen LogP contribution in [0.25, 0.3) is 11.3 Å². The highest BCUT2D eigenvalue weighted by molar-refractivity contribution is 7.98. The van der Waals surface area contributed by atoms with Gasteiger partial charge in [-0.1, -0.05) is 54.2 Å². The largest absolute Gasteiger partial charge is 0.322 e. The summed E-state index contributed by atoms with van der Waals surface area (Å²) in [6, 6.07) is 20.1. The van der Waals surface area contributed by atoms with Gasteiger partial charge in [0.05, 0.1) is 23.5 Å². The van der Waals surface area contributed by atoms with Crippen LogP contribution in [-0.4, -0.2) is 9.55 Å². The Kier molecular flexibility index (Phi) is 4.27. The standard InChI is InChI=1S/C18H15N3S/c1-21-17(16-5-3-2-4-6-16)12-20-18(21)22-13-15-9-7-14(11-19)8-10-15/h2-10,12H,13H2,1H3. The molecule has 0 unspecified atom stereocenters. The highest BCUT2D eigenvalue weighted by Crippen LogP contribution is 2.26. The molecule has 22 heavy (non-hydrogen) atoms. The van der Waals surface area contributed by atoms with Gasteiger partial charge in [0.25, 0.3) is 0 Å². The van der Waals surface area contributed by atoms with Crippen molar-refractivity contribution in [2.45, 2.75) is 10.9 Å². The second-order valence-electron chi connectivity index (χ2n) is 4.95. The molecule has 0 saturated carbocycles. The topological polar surface area (TPSA) is 41.6 Å². The molecular formula is C18H15N3S. The molecule has 0 aliphatic rings. The summed E-state index contributed by atoms with van der Waals surface area (Å²) < 4.78 is 2.11. The summed E-state index contributed by atoms with van der Waals surface area (Å²) in [5.41, 5.74) is 4.16. The molecule has 0 amide bonds. The van der Waals surface area contributed by atoms with Gasteiger partial charge in [0.2, 0.25) is 0 Å². The van der Waals surface area contributed by atoms with Crippen LogP contribution in [0.15, 0.2) is 66.0 Å². The van der Waals surface area contributed by atoms with E-state index in [0.717, 1.165) is 16.6 Å². The molecule has 0 spiro atoms. The molecule has 0 N–H and O–H groups in total. The molecule has 0 bridgehead atoms. The number of thioether (sulfide) groups is 1. The molecule has 0 aliphatic heterocycles. The van der Waals surface area contributed by atoms with Gasteiger partial charge in [-0.25, -0.2) is 4.98 Å². The number of hydrogen-bond donors (Lipinski definition) is 0. The van der Waals surface area contributed by atoms with Crippen LogP contribution < -0.4 is 0 Å². The fourth-order valence-corrected chi connectivity index (χ4v) is 3.13. The molecule has 4 heteroatoms. The normalized spacial score (nSPS) is 10.4. The highest BCUT2D eigenvalue weighted by atomic mass is 32.2. The Morgan fingerprint density at radius 2 is 1.82 bits per heavy atom. The number of hydrogen-bond acceptors (Lipinski definition) is 3. The van der Waals surface area contributed by atoms with Gasteiger partial charge in [0.1, 0.15) is 0 Å². The van der Waals surface area contributed by atoms with Crippen molar-refractivity contribution < 1.29 is 0 Å². The van der Waals surface area contributed by atoms with E-state index in [1.165, 1.54) is 11.1 Å². The van der Waals surface area contributed by atoms with E-state index >= 15 is 0 Å². The van der Waals surface area contributed by atoms with Crippen molar-refractivity contribution in [2.24, 2.45) is 7.05 Å². The zero-order chi connectivity index (χ0) is 15.4. The van der Waals surface area contributed by atoms with Gasteiger partial charge < -0.3 is 4.57 Å². The minimum atomic E-state index is 0.692. The van der Waals surface area contributed by atoms with Gasteiger partial charge in [-0.05, 0) is 23.3 Å². The molecule has 0 saturated heterocycles. The fraction of sp³-hybridized carbons (Fsp3) is 0.111. The van der Waals surface area contributed by atoms with Crippen molar-refractivity contribution in [1.29, 1.82) is 5.26 Å². The summed E-state index contributed by atoms with van der Waals surface area (Å²) >= 11 is 1.70. The van der Waals surface area contributed by atoms with Crippen molar-refractivity contribution in [3.8, 4) is 17.3 Å². The summed E-state index contributed by atoms with van der Waals surface area (Å²) in [7, 11) is 2.04. The lowest BCUT2D eigenvalue weighted by Crippen LogP contribution is -1.94. The molecule has 3 nitrogen and oxygen atoms in total. The Morgan fingerprint density at radius 1 is 1.09 bits per heavy atom. The summed E-state index contributed by atoms with van der Waals surface area (Å²) in [6.07, 6.45) is 1.91. The summed E-state index contributed by atoms with van der Waals surface area (Å²) in [5.74, 6) is 0.838. The minimum Gasteiger partial charge on any atom is -0.322 e. The Labute approximate surface area is 134 Å². The first-order valence-electron chi connectivity index (χ1n) is 6.97. The third kappa shape index (κ3) is 3.05. The number of aromatic nitrogens is 2. The predicted molar refractivity (Wildman–Crippen MR) is 89.4 cm³/mol. The lowest BCUT2D eigenvalue weighted by atomic mass is 10.2. The maximum atomic E-state index is 8.82. The van der Waals surface area contributed by atoms with Crippen LogP contribution in [-0.2, 0) is 12.8 Å². The van der Waals surface area contributed by atoms with E-state index in [0.29, 0.717) is 5.56 Å². The SMILES string of the molecule is Cn1c(-c2ccccc2)cnc1SCc1ccc(C#N)cc1. The first-order valence-corrected chi connectivity index (χ1v) is 7.95. The van der Waals surface area contributed by atoms with E-state index in [1.807, 2.05) is 55.7 Å². The van der Waals surface area contributed by atoms with Crippen molar-refractivity contribution in [3.63, 3.8) is 0 Å². The van der Waals surface area contributed by atoms with Gasteiger partial charge in [0, 0.05) is 12.8 Å². The zero-order valence-corrected chi connectivity index (χ0v) is 13.0. The van der Waals surface area contributed by atoms with Crippen LogP contribution in [0.4, 0.5) is 0 Å². The van der Waals surface area contributed by atoms with Crippen LogP contribution >= 0.6 is 11.8 Å². The molecule has 0 atom stereocenters. The maximum absolute atomic E-state index is 8.82. The van der Waals surface area contributed by atoms with Gasteiger partial charge >= 0.3 is 0 Å². The van der Waals surface area contributed by atoms with Crippen LogP contribution in [0.2, 0.25) is 0 Å². The monoisotopic (exact) mass is 305 g/mol. The number of nitrogens with zero attached hydrogens (tertiary/aromatic N) is 3. The van der Waals surface area contributed by atoms with Crippen LogP contribution in [0.1, 0.15) is 11.1 Å². The minimum absolute atomic E-state index is 0.692. The molecule has 0 aliphatic carbocycles. The van der Waals surface area contributed by atoms with Crippen LogP contribution in [0.3, 0.4) is 0 Å². The van der Waals surface area contributed by atoms with Gasteiger partial charge in [0.15, 0.2) is 5.16 Å². The smallest absolute Gasteiger partial charge is 0.168 e. The van der Waals surface area contributed by atoms with Crippen LogP contribution in [0.5, 0.6) is 0 Å². The molecule has 0 fully saturated rings. The van der Waals surface area contributed by atoms with Crippen LogP contribution in [0, 0.1) is 11.3 Å². The fourth-order valence-electron chi connectivity index (χ4n) is 2.23. The van der Waals surface area contributed by atoms with Gasteiger partial charge in [-0.15, -0.1) is 0 Å². The van der Waals surface area contributed by atoms with Gasteiger partial charge in [-0.2, -0.15) is 5.26 Å². The second-order valence-corrected chi connectivity index (χ2v) is 5.89. The van der Waals surface area contributed by atoms with E-state index in [-0.39, 0.29) is 0 Å². The third-order valence-electron chi connectivity index (χ3n) is 3.47. The molecule has 1 heterocycles. The second kappa shape index (κ2) is 6.50. The van der Waals surface area contributed by atoms with E-state index in [4.69, 9.17) is 5.26 Å². The quantitative estimate of drug-likeness (QED) is 0.677. The third-order valence-corrected chi connectivity index (χ3v) is 4.58. The summed E-state index contributed by atoms with van der Waals surface area (Å²) in [5, 5.41) is 9.80. The molecule has 3 rings (SSSR count). The Balaban J connectivity index is 1.74. The van der Waals surface area contributed by atoms with Gasteiger partial charge in [-0.3, -0.25) is 0 Å². The Morgan fingerprint density at radius 3 is 2.50 bits per heavy atom. The van der Waals surface area contributed by atoms with Crippen molar-refractivity contribution in [2.75, 3.05) is 0 Å². The summed E-state index contributed by atoms with van der Waals surface area (Å²) in [4.78, 5) is 4.51. The van der Waals surface area contributed by atoms with Crippen molar-refractivity contribution in [3.05, 3.63) is 71.9 Å². The molecule has 2 aromatic carbocycles. The Hall–Kier alpha value is -2.51. The zero-order valence-electron chi connectivity index (χ0n) is 12.2. The average molecular weight is 305 g/mol. The maximum Gasteiger partial charge on any atom is 0.168 e. The van der Waals surface area contributed by atoms with E-state index in [1.54, 1.807) is 11.8 Å². The molecule has 108 valence electrons. The molecule has 3 aromatic rings. The first-order chi connectivity index (χ1) is 10.8. The number of imidazole rings is 1. The number of nitriles is 1. The number of benzene rings is 2. The van der Waals surface area contributed by atoms with Crippen molar-refractivity contribution in [1.82, 2.24) is 9.55 Å². The van der Waals surface area contributed by atoms with E-state index in [2.05, 4.69) is 27.8 Å². The van der Waals surface area contributed by atoms with E-state index < -0.39 is 0 Å². The Bertz CT molecular complexity index is 799. The first kappa shape index (κ1) is 14.4. The molecule has 1 aromatic heterocycles. The lowest BCUT2D eigenvalue weighted by Gasteiger charge is -2.06. The average Bonchev–Trinajstić information content (AvgIpc) is 2.95. The van der Waals surface area contributed by atoms with Crippen molar-refractivity contribution >= 4 is 11.8 Å². The highest BCUT2D eigenvalue weighted by Gasteiger charge is 2.08. The lowest BCUT2D eigenvalue weighted by molar-refractivity contribution is 0.796. The molecular weight excluding hydrogens is 290 g/mol. The summed E-state index contributed by atoms with van der Waals surface area (Å²) in [6.45, 7) is 0.